The minimum atomic E-state index is -0.920. The Morgan fingerprint density at radius 1 is 1.56 bits per heavy atom. The van der Waals surface area contributed by atoms with E-state index in [0.717, 1.165) is 0 Å². The molecular formula is C11H8Cl2N2O. The normalized spacial score (nSPS) is 20.9. The number of carbonyl (C=O) groups is 1. The van der Waals surface area contributed by atoms with Crippen molar-refractivity contribution in [1.29, 1.82) is 5.26 Å². The number of nitrogens with zero attached hydrogens (tertiary/aromatic N) is 1. The van der Waals surface area contributed by atoms with Gasteiger partial charge in [0, 0.05) is 5.69 Å². The van der Waals surface area contributed by atoms with Crippen molar-refractivity contribution in [2.75, 3.05) is 5.32 Å². The molecule has 1 saturated carbocycles. The Hall–Kier alpha value is -1.24. The molecule has 1 aliphatic rings. The highest BCUT2D eigenvalue weighted by Crippen LogP contribution is 2.53. The first kappa shape index (κ1) is 11.3. The molecule has 0 spiro atoms. The van der Waals surface area contributed by atoms with E-state index < -0.39 is 4.33 Å². The van der Waals surface area contributed by atoms with Gasteiger partial charge < -0.3 is 5.32 Å². The number of halogens is 2. The van der Waals surface area contributed by atoms with Crippen molar-refractivity contribution in [2.45, 2.75) is 10.8 Å². The molecule has 1 aromatic carbocycles. The van der Waals surface area contributed by atoms with E-state index in [0.29, 0.717) is 17.7 Å². The number of hydrogen-bond acceptors (Lipinski definition) is 2. The van der Waals surface area contributed by atoms with Gasteiger partial charge in [0.05, 0.1) is 17.6 Å². The Bertz CT molecular complexity index is 479. The Balaban J connectivity index is 2.05. The van der Waals surface area contributed by atoms with Crippen LogP contribution in [-0.2, 0) is 4.79 Å². The molecule has 1 atom stereocenters. The lowest BCUT2D eigenvalue weighted by Crippen LogP contribution is -2.16. The smallest absolute Gasteiger partial charge is 0.230 e. The third-order valence-electron chi connectivity index (χ3n) is 2.40. The highest BCUT2D eigenvalue weighted by molar-refractivity contribution is 6.52. The largest absolute Gasteiger partial charge is 0.326 e. The van der Waals surface area contributed by atoms with Crippen LogP contribution in [0.15, 0.2) is 24.3 Å². The van der Waals surface area contributed by atoms with E-state index in [2.05, 4.69) is 5.32 Å². The molecule has 3 nitrogen and oxygen atoms in total. The second-order valence-electron chi connectivity index (χ2n) is 3.70. The molecule has 0 saturated heterocycles. The van der Waals surface area contributed by atoms with Crippen LogP contribution in [0.2, 0.25) is 0 Å². The fraction of sp³-hybridized carbons (Fsp3) is 0.273. The predicted molar refractivity (Wildman–Crippen MR) is 62.3 cm³/mol. The van der Waals surface area contributed by atoms with Gasteiger partial charge >= 0.3 is 0 Å². The van der Waals surface area contributed by atoms with E-state index in [1.165, 1.54) is 0 Å². The van der Waals surface area contributed by atoms with Crippen molar-refractivity contribution in [2.24, 2.45) is 5.92 Å². The van der Waals surface area contributed by atoms with Gasteiger partial charge in [-0.25, -0.2) is 0 Å². The van der Waals surface area contributed by atoms with Crippen molar-refractivity contribution in [3.05, 3.63) is 29.8 Å². The number of carbonyl (C=O) groups excluding carboxylic acids is 1. The Morgan fingerprint density at radius 2 is 2.25 bits per heavy atom. The minimum Gasteiger partial charge on any atom is -0.326 e. The molecule has 0 heterocycles. The summed E-state index contributed by atoms with van der Waals surface area (Å²) in [7, 11) is 0. The third kappa shape index (κ3) is 2.29. The number of amides is 1. The Labute approximate surface area is 103 Å². The molecule has 1 N–H and O–H groups in total. The molecule has 0 bridgehead atoms. The lowest BCUT2D eigenvalue weighted by atomic mass is 10.2. The maximum absolute atomic E-state index is 11.6. The molecular weight excluding hydrogens is 247 g/mol. The molecule has 0 unspecified atom stereocenters. The van der Waals surface area contributed by atoms with Gasteiger partial charge in [0.2, 0.25) is 5.91 Å². The van der Waals surface area contributed by atoms with Crippen molar-refractivity contribution < 1.29 is 4.79 Å². The minimum absolute atomic E-state index is 0.208. The van der Waals surface area contributed by atoms with Gasteiger partial charge in [0.1, 0.15) is 4.33 Å². The van der Waals surface area contributed by atoms with Gasteiger partial charge in [0.25, 0.3) is 0 Å². The van der Waals surface area contributed by atoms with Crippen LogP contribution in [0.25, 0.3) is 0 Å². The summed E-state index contributed by atoms with van der Waals surface area (Å²) < 4.78 is -0.920. The topological polar surface area (TPSA) is 52.9 Å². The molecule has 2 rings (SSSR count). The number of benzene rings is 1. The summed E-state index contributed by atoms with van der Waals surface area (Å²) in [5, 5.41) is 11.4. The van der Waals surface area contributed by atoms with Gasteiger partial charge in [-0.15, -0.1) is 23.2 Å². The highest BCUT2D eigenvalue weighted by atomic mass is 35.5. The summed E-state index contributed by atoms with van der Waals surface area (Å²) in [6, 6.07) is 8.68. The lowest BCUT2D eigenvalue weighted by molar-refractivity contribution is -0.117. The van der Waals surface area contributed by atoms with E-state index in [1.54, 1.807) is 24.3 Å². The quantitative estimate of drug-likeness (QED) is 0.826. The zero-order chi connectivity index (χ0) is 11.8. The molecule has 0 aromatic heterocycles. The second kappa shape index (κ2) is 3.97. The molecule has 1 fully saturated rings. The summed E-state index contributed by atoms with van der Waals surface area (Å²) in [6.45, 7) is 0. The monoisotopic (exact) mass is 254 g/mol. The van der Waals surface area contributed by atoms with Gasteiger partial charge in [-0.2, -0.15) is 5.26 Å². The van der Waals surface area contributed by atoms with Gasteiger partial charge in [0.15, 0.2) is 0 Å². The molecule has 0 aliphatic heterocycles. The van der Waals surface area contributed by atoms with Gasteiger partial charge in [-0.1, -0.05) is 6.07 Å². The van der Waals surface area contributed by atoms with Crippen LogP contribution in [0.4, 0.5) is 5.69 Å². The average molecular weight is 255 g/mol. The van der Waals surface area contributed by atoms with Crippen LogP contribution in [0, 0.1) is 17.2 Å². The van der Waals surface area contributed by atoms with Crippen LogP contribution in [0.1, 0.15) is 12.0 Å². The highest BCUT2D eigenvalue weighted by Gasteiger charge is 2.56. The van der Waals surface area contributed by atoms with Crippen molar-refractivity contribution in [1.82, 2.24) is 0 Å². The predicted octanol–water partition coefficient (Wildman–Crippen LogP) is 2.69. The van der Waals surface area contributed by atoms with Crippen LogP contribution in [0.5, 0.6) is 0 Å². The first-order valence-electron chi connectivity index (χ1n) is 4.72. The summed E-state index contributed by atoms with van der Waals surface area (Å²) in [4.78, 5) is 11.6. The number of nitriles is 1. The molecule has 1 aromatic rings. The maximum atomic E-state index is 11.6. The fourth-order valence-corrected chi connectivity index (χ4v) is 1.90. The van der Waals surface area contributed by atoms with Crippen LogP contribution in [0.3, 0.4) is 0 Å². The van der Waals surface area contributed by atoms with E-state index in [4.69, 9.17) is 28.5 Å². The molecule has 1 amide bonds. The zero-order valence-corrected chi connectivity index (χ0v) is 9.72. The molecule has 16 heavy (non-hydrogen) atoms. The van der Waals surface area contributed by atoms with Crippen molar-refractivity contribution in [3.8, 4) is 6.07 Å². The fourth-order valence-electron chi connectivity index (χ4n) is 1.39. The molecule has 0 radical (unpaired) electrons. The third-order valence-corrected chi connectivity index (χ3v) is 3.24. The van der Waals surface area contributed by atoms with Crippen LogP contribution in [-0.4, -0.2) is 10.2 Å². The molecule has 82 valence electrons. The van der Waals surface area contributed by atoms with E-state index in [9.17, 15) is 4.79 Å². The van der Waals surface area contributed by atoms with Crippen molar-refractivity contribution in [3.63, 3.8) is 0 Å². The maximum Gasteiger partial charge on any atom is 0.230 e. The van der Waals surface area contributed by atoms with E-state index >= 15 is 0 Å². The Morgan fingerprint density at radius 3 is 2.81 bits per heavy atom. The van der Waals surface area contributed by atoms with E-state index in [1.807, 2.05) is 6.07 Å². The van der Waals surface area contributed by atoms with Crippen LogP contribution < -0.4 is 5.32 Å². The lowest BCUT2D eigenvalue weighted by Gasteiger charge is -2.04. The first-order valence-corrected chi connectivity index (χ1v) is 5.47. The Kier molecular flexibility index (Phi) is 2.79. The van der Waals surface area contributed by atoms with Crippen molar-refractivity contribution >= 4 is 34.8 Å². The number of nitrogens with one attached hydrogen (secondary N) is 1. The number of rotatable bonds is 2. The number of alkyl halides is 2. The zero-order valence-electron chi connectivity index (χ0n) is 8.21. The first-order chi connectivity index (χ1) is 7.53. The van der Waals surface area contributed by atoms with E-state index in [-0.39, 0.29) is 11.8 Å². The second-order valence-corrected chi connectivity index (χ2v) is 5.24. The SMILES string of the molecule is N#Cc1cccc(NC(=O)[C@@H]2CC2(Cl)Cl)c1. The van der Waals surface area contributed by atoms with Crippen LogP contribution >= 0.6 is 23.2 Å². The molecule has 5 heteroatoms. The summed E-state index contributed by atoms with van der Waals surface area (Å²) in [6.07, 6.45) is 0.472. The number of hydrogen-bond donors (Lipinski definition) is 1. The average Bonchev–Trinajstić information content (AvgIpc) is 2.88. The number of anilines is 1. The molecule has 1 aliphatic carbocycles. The summed E-state index contributed by atoms with van der Waals surface area (Å²) >= 11 is 11.6. The summed E-state index contributed by atoms with van der Waals surface area (Å²) in [5.41, 5.74) is 1.08. The summed E-state index contributed by atoms with van der Waals surface area (Å²) in [5.74, 6) is -0.568. The van der Waals surface area contributed by atoms with Gasteiger partial charge in [-0.3, -0.25) is 4.79 Å². The standard InChI is InChI=1S/C11H8Cl2N2O/c12-11(13)5-9(11)10(16)15-8-3-1-2-7(4-8)6-14/h1-4,9H,5H2,(H,15,16)/t9-/m0/s1. The van der Waals surface area contributed by atoms with Gasteiger partial charge in [-0.05, 0) is 24.6 Å².